The van der Waals surface area contributed by atoms with Crippen molar-refractivity contribution in [3.63, 3.8) is 0 Å². The minimum Gasteiger partial charge on any atom is -0.378 e. The number of aliphatic imine (C=N–C) groups is 1. The van der Waals surface area contributed by atoms with Crippen molar-refractivity contribution < 1.29 is 4.79 Å². The van der Waals surface area contributed by atoms with Gasteiger partial charge in [0.05, 0.1) is 4.91 Å². The summed E-state index contributed by atoms with van der Waals surface area (Å²) < 4.78 is 0. The van der Waals surface area contributed by atoms with E-state index in [0.717, 1.165) is 49.1 Å². The molecule has 1 saturated heterocycles. The normalized spacial score (nSPS) is 19.0. The number of carbonyl (C=O) groups excluding carboxylic acids is 1. The summed E-state index contributed by atoms with van der Waals surface area (Å²) in [5, 5.41) is 0.838. The summed E-state index contributed by atoms with van der Waals surface area (Å²) in [7, 11) is 4.03. The monoisotopic (exact) mass is 406 g/mol. The SMILES string of the molecule is CN(C)c1ccc(C=C2SC(N3CCN(Cc4ccccc4)CC3)=NC2=O)cc1. The van der Waals surface area contributed by atoms with Crippen LogP contribution in [-0.2, 0) is 11.3 Å². The van der Waals surface area contributed by atoms with Gasteiger partial charge in [0.1, 0.15) is 0 Å². The van der Waals surface area contributed by atoms with Gasteiger partial charge in [-0.2, -0.15) is 4.99 Å². The summed E-state index contributed by atoms with van der Waals surface area (Å²) in [4.78, 5) is 24.2. The van der Waals surface area contributed by atoms with Crippen molar-refractivity contribution >= 4 is 34.6 Å². The molecule has 0 aromatic heterocycles. The third-order valence-corrected chi connectivity index (χ3v) is 6.25. The second kappa shape index (κ2) is 8.84. The fourth-order valence-electron chi connectivity index (χ4n) is 3.49. The molecule has 5 nitrogen and oxygen atoms in total. The van der Waals surface area contributed by atoms with Crippen molar-refractivity contribution in [1.29, 1.82) is 0 Å². The molecule has 2 heterocycles. The molecule has 0 bridgehead atoms. The summed E-state index contributed by atoms with van der Waals surface area (Å²) >= 11 is 1.49. The molecule has 1 fully saturated rings. The summed E-state index contributed by atoms with van der Waals surface area (Å²) in [5.74, 6) is -0.131. The van der Waals surface area contributed by atoms with Crippen LogP contribution in [0.5, 0.6) is 0 Å². The Morgan fingerprint density at radius 3 is 2.34 bits per heavy atom. The first-order chi connectivity index (χ1) is 14.1. The van der Waals surface area contributed by atoms with E-state index in [-0.39, 0.29) is 5.91 Å². The zero-order chi connectivity index (χ0) is 20.2. The second-order valence-electron chi connectivity index (χ2n) is 7.54. The van der Waals surface area contributed by atoms with Gasteiger partial charge in [0.25, 0.3) is 5.91 Å². The summed E-state index contributed by atoms with van der Waals surface area (Å²) in [6.45, 7) is 4.73. The van der Waals surface area contributed by atoms with Crippen molar-refractivity contribution in [2.24, 2.45) is 4.99 Å². The van der Waals surface area contributed by atoms with Gasteiger partial charge in [0, 0.05) is 52.5 Å². The topological polar surface area (TPSA) is 39.1 Å². The van der Waals surface area contributed by atoms with Crippen LogP contribution < -0.4 is 4.90 Å². The van der Waals surface area contributed by atoms with Crippen LogP contribution in [0.3, 0.4) is 0 Å². The van der Waals surface area contributed by atoms with Crippen LogP contribution in [0, 0.1) is 0 Å². The van der Waals surface area contributed by atoms with E-state index < -0.39 is 0 Å². The van der Waals surface area contributed by atoms with E-state index in [4.69, 9.17) is 0 Å². The first-order valence-electron chi connectivity index (χ1n) is 9.90. The summed E-state index contributed by atoms with van der Waals surface area (Å²) in [6.07, 6.45) is 1.94. The smallest absolute Gasteiger partial charge is 0.286 e. The van der Waals surface area contributed by atoms with Crippen LogP contribution in [0.2, 0.25) is 0 Å². The Bertz CT molecular complexity index is 914. The van der Waals surface area contributed by atoms with Crippen LogP contribution in [-0.4, -0.2) is 61.1 Å². The number of thioether (sulfide) groups is 1. The Balaban J connectivity index is 1.34. The fourth-order valence-corrected chi connectivity index (χ4v) is 4.46. The number of rotatable bonds is 4. The zero-order valence-electron chi connectivity index (χ0n) is 16.9. The van der Waals surface area contributed by atoms with Gasteiger partial charge in [0.2, 0.25) is 0 Å². The lowest BCUT2D eigenvalue weighted by Gasteiger charge is -2.35. The Kier molecular flexibility index (Phi) is 6.02. The van der Waals surface area contributed by atoms with E-state index in [1.807, 2.05) is 32.3 Å². The third-order valence-electron chi connectivity index (χ3n) is 5.21. The minimum absolute atomic E-state index is 0.131. The zero-order valence-corrected chi connectivity index (χ0v) is 17.7. The molecule has 150 valence electrons. The van der Waals surface area contributed by atoms with Crippen LogP contribution in [0.25, 0.3) is 6.08 Å². The van der Waals surface area contributed by atoms with E-state index in [2.05, 4.69) is 62.2 Å². The van der Waals surface area contributed by atoms with Crippen molar-refractivity contribution in [1.82, 2.24) is 9.80 Å². The van der Waals surface area contributed by atoms with E-state index in [0.29, 0.717) is 4.91 Å². The molecule has 0 saturated carbocycles. The number of amidine groups is 1. The number of piperazine rings is 1. The molecular weight excluding hydrogens is 380 g/mol. The molecule has 0 atom stereocenters. The maximum atomic E-state index is 12.4. The van der Waals surface area contributed by atoms with Gasteiger partial charge in [-0.15, -0.1) is 0 Å². The number of hydrogen-bond donors (Lipinski definition) is 0. The quantitative estimate of drug-likeness (QED) is 0.727. The lowest BCUT2D eigenvalue weighted by atomic mass is 10.2. The minimum atomic E-state index is -0.131. The Hall–Kier alpha value is -2.57. The van der Waals surface area contributed by atoms with Gasteiger partial charge in [-0.3, -0.25) is 9.69 Å². The molecule has 2 aliphatic heterocycles. The molecule has 0 unspecified atom stereocenters. The van der Waals surface area contributed by atoms with Crippen LogP contribution >= 0.6 is 11.8 Å². The van der Waals surface area contributed by atoms with Crippen molar-refractivity contribution in [2.45, 2.75) is 6.54 Å². The molecule has 4 rings (SSSR count). The van der Waals surface area contributed by atoms with Crippen molar-refractivity contribution in [3.05, 3.63) is 70.6 Å². The fraction of sp³-hybridized carbons (Fsp3) is 0.304. The van der Waals surface area contributed by atoms with Gasteiger partial charge >= 0.3 is 0 Å². The second-order valence-corrected chi connectivity index (χ2v) is 8.55. The first kappa shape index (κ1) is 19.7. The molecular formula is C23H26N4OS. The van der Waals surface area contributed by atoms with Gasteiger partial charge < -0.3 is 9.80 Å². The number of nitrogens with zero attached hydrogens (tertiary/aromatic N) is 4. The largest absolute Gasteiger partial charge is 0.378 e. The first-order valence-corrected chi connectivity index (χ1v) is 10.7. The predicted octanol–water partition coefficient (Wildman–Crippen LogP) is 3.54. The average molecular weight is 407 g/mol. The molecule has 29 heavy (non-hydrogen) atoms. The summed E-state index contributed by atoms with van der Waals surface area (Å²) in [5.41, 5.74) is 3.51. The molecule has 0 aliphatic carbocycles. The highest BCUT2D eigenvalue weighted by Crippen LogP contribution is 2.31. The molecule has 2 aromatic rings. The van der Waals surface area contributed by atoms with E-state index in [1.165, 1.54) is 17.3 Å². The summed E-state index contributed by atoms with van der Waals surface area (Å²) in [6, 6.07) is 18.8. The maximum Gasteiger partial charge on any atom is 0.286 e. The highest BCUT2D eigenvalue weighted by Gasteiger charge is 2.28. The highest BCUT2D eigenvalue weighted by molar-refractivity contribution is 8.18. The van der Waals surface area contributed by atoms with E-state index >= 15 is 0 Å². The van der Waals surface area contributed by atoms with E-state index in [9.17, 15) is 4.79 Å². The molecule has 0 radical (unpaired) electrons. The molecule has 0 N–H and O–H groups in total. The number of carbonyl (C=O) groups is 1. The number of hydrogen-bond acceptors (Lipinski definition) is 5. The molecule has 6 heteroatoms. The molecule has 1 amide bonds. The van der Waals surface area contributed by atoms with Crippen LogP contribution in [0.4, 0.5) is 5.69 Å². The number of benzene rings is 2. The van der Waals surface area contributed by atoms with E-state index in [1.54, 1.807) is 0 Å². The predicted molar refractivity (Wildman–Crippen MR) is 122 cm³/mol. The molecule has 2 aromatic carbocycles. The van der Waals surface area contributed by atoms with Gasteiger partial charge in [-0.25, -0.2) is 0 Å². The van der Waals surface area contributed by atoms with Gasteiger partial charge in [-0.05, 0) is 41.1 Å². The van der Waals surface area contributed by atoms with Crippen LogP contribution in [0.1, 0.15) is 11.1 Å². The molecule has 0 spiro atoms. The Morgan fingerprint density at radius 1 is 1.00 bits per heavy atom. The highest BCUT2D eigenvalue weighted by atomic mass is 32.2. The lowest BCUT2D eigenvalue weighted by Crippen LogP contribution is -2.47. The Morgan fingerprint density at radius 2 is 1.69 bits per heavy atom. The number of amides is 1. The lowest BCUT2D eigenvalue weighted by molar-refractivity contribution is -0.113. The third kappa shape index (κ3) is 4.89. The standard InChI is InChI=1S/C23H26N4OS/c1-25(2)20-10-8-18(9-11-20)16-21-22(28)24-23(29-21)27-14-12-26(13-15-27)17-19-6-4-3-5-7-19/h3-11,16H,12-15,17H2,1-2H3. The van der Waals surface area contributed by atoms with Gasteiger partial charge in [-0.1, -0.05) is 42.5 Å². The maximum absolute atomic E-state index is 12.4. The number of anilines is 1. The van der Waals surface area contributed by atoms with Crippen LogP contribution in [0.15, 0.2) is 64.5 Å². The van der Waals surface area contributed by atoms with Crippen molar-refractivity contribution in [2.75, 3.05) is 45.2 Å². The van der Waals surface area contributed by atoms with Crippen molar-refractivity contribution in [3.8, 4) is 0 Å². The van der Waals surface area contributed by atoms with Gasteiger partial charge in [0.15, 0.2) is 5.17 Å². The Labute approximate surface area is 176 Å². The molecule has 2 aliphatic rings. The average Bonchev–Trinajstić information content (AvgIpc) is 3.10.